The Labute approximate surface area is 97.6 Å². The lowest BCUT2D eigenvalue weighted by Crippen LogP contribution is -2.18. The predicted octanol–water partition coefficient (Wildman–Crippen LogP) is 2.25. The Kier molecular flexibility index (Phi) is 4.02. The predicted molar refractivity (Wildman–Crippen MR) is 65.4 cm³/mol. The smallest absolute Gasteiger partial charge is 0.0482 e. The number of aromatic nitrogens is 1. The van der Waals surface area contributed by atoms with Crippen molar-refractivity contribution in [2.24, 2.45) is 5.73 Å². The van der Waals surface area contributed by atoms with Crippen LogP contribution in [0.3, 0.4) is 0 Å². The van der Waals surface area contributed by atoms with Gasteiger partial charge in [0.2, 0.25) is 0 Å². The molecule has 1 aliphatic rings. The molecule has 1 atom stereocenters. The zero-order chi connectivity index (χ0) is 11.4. The van der Waals surface area contributed by atoms with Crippen molar-refractivity contribution >= 4 is 0 Å². The molecule has 2 N–H and O–H groups in total. The Bertz CT molecular complexity index is 333. The molecule has 0 spiro atoms. The number of hydrogen-bond acceptors (Lipinski definition) is 2. The van der Waals surface area contributed by atoms with Gasteiger partial charge < -0.3 is 15.0 Å². The summed E-state index contributed by atoms with van der Waals surface area (Å²) in [5.41, 5.74) is 8.92. The number of fused-ring (bicyclic) bond motifs is 1. The summed E-state index contributed by atoms with van der Waals surface area (Å²) in [4.78, 5) is 0. The summed E-state index contributed by atoms with van der Waals surface area (Å²) >= 11 is 0. The first-order valence-corrected chi connectivity index (χ1v) is 6.34. The van der Waals surface area contributed by atoms with E-state index in [9.17, 15) is 0 Å². The van der Waals surface area contributed by atoms with Gasteiger partial charge in [-0.2, -0.15) is 0 Å². The first-order chi connectivity index (χ1) is 7.83. The third kappa shape index (κ3) is 2.47. The van der Waals surface area contributed by atoms with E-state index in [0.29, 0.717) is 0 Å². The van der Waals surface area contributed by atoms with Crippen molar-refractivity contribution in [2.75, 3.05) is 13.2 Å². The largest absolute Gasteiger partial charge is 0.382 e. The van der Waals surface area contributed by atoms with E-state index >= 15 is 0 Å². The second kappa shape index (κ2) is 5.51. The van der Waals surface area contributed by atoms with Gasteiger partial charge in [-0.05, 0) is 44.2 Å². The number of hydrogen-bond donors (Lipinski definition) is 1. The van der Waals surface area contributed by atoms with E-state index < -0.39 is 0 Å². The van der Waals surface area contributed by atoms with Gasteiger partial charge in [0.05, 0.1) is 0 Å². The molecule has 0 radical (unpaired) electrons. The summed E-state index contributed by atoms with van der Waals surface area (Å²) in [6.07, 6.45) is 6.82. The van der Waals surface area contributed by atoms with E-state index in [1.54, 1.807) is 0 Å². The third-order valence-electron chi connectivity index (χ3n) is 3.33. The zero-order valence-electron chi connectivity index (χ0n) is 10.1. The van der Waals surface area contributed by atoms with Crippen molar-refractivity contribution in [2.45, 2.75) is 45.2 Å². The average Bonchev–Trinajstić information content (AvgIpc) is 2.70. The Morgan fingerprint density at radius 3 is 3.25 bits per heavy atom. The van der Waals surface area contributed by atoms with Gasteiger partial charge in [-0.15, -0.1) is 0 Å². The van der Waals surface area contributed by atoms with Crippen LogP contribution in [0.4, 0.5) is 0 Å². The van der Waals surface area contributed by atoms with Crippen LogP contribution in [0.15, 0.2) is 12.3 Å². The van der Waals surface area contributed by atoms with Crippen molar-refractivity contribution in [3.8, 4) is 0 Å². The average molecular weight is 222 g/mol. The van der Waals surface area contributed by atoms with Crippen molar-refractivity contribution in [1.82, 2.24) is 4.57 Å². The van der Waals surface area contributed by atoms with Crippen LogP contribution in [-0.4, -0.2) is 17.8 Å². The Morgan fingerprint density at radius 2 is 2.44 bits per heavy atom. The molecule has 0 bridgehead atoms. The molecule has 1 heterocycles. The van der Waals surface area contributed by atoms with Crippen LogP contribution >= 0.6 is 0 Å². The normalized spacial score (nSPS) is 19.8. The van der Waals surface area contributed by atoms with Gasteiger partial charge in [0, 0.05) is 37.7 Å². The summed E-state index contributed by atoms with van der Waals surface area (Å²) in [6, 6.07) is 2.46. The standard InChI is InChI=1S/C13H22N2O/c1-2-16-10-4-8-15-9-7-11-12(14)5-3-6-13(11)15/h7,9,12H,2-6,8,10,14H2,1H3. The highest BCUT2D eigenvalue weighted by Crippen LogP contribution is 2.28. The second-order valence-corrected chi connectivity index (χ2v) is 4.46. The van der Waals surface area contributed by atoms with Crippen molar-refractivity contribution in [1.29, 1.82) is 0 Å². The van der Waals surface area contributed by atoms with Crippen molar-refractivity contribution in [3.63, 3.8) is 0 Å². The Hall–Kier alpha value is -0.800. The number of rotatable bonds is 5. The summed E-state index contributed by atoms with van der Waals surface area (Å²) in [5, 5.41) is 0. The molecule has 1 aromatic heterocycles. The fourth-order valence-electron chi connectivity index (χ4n) is 2.48. The summed E-state index contributed by atoms with van der Waals surface area (Å²) in [5.74, 6) is 0. The van der Waals surface area contributed by atoms with Crippen molar-refractivity contribution < 1.29 is 4.74 Å². The fraction of sp³-hybridized carbons (Fsp3) is 0.692. The molecule has 90 valence electrons. The van der Waals surface area contributed by atoms with Gasteiger partial charge in [-0.25, -0.2) is 0 Å². The molecule has 1 unspecified atom stereocenters. The third-order valence-corrected chi connectivity index (χ3v) is 3.33. The number of nitrogens with two attached hydrogens (primary N) is 1. The summed E-state index contributed by atoms with van der Waals surface area (Å²) < 4.78 is 7.71. The van der Waals surface area contributed by atoms with Crippen LogP contribution < -0.4 is 5.73 Å². The lowest BCUT2D eigenvalue weighted by molar-refractivity contribution is 0.141. The van der Waals surface area contributed by atoms with E-state index in [1.165, 1.54) is 24.1 Å². The highest BCUT2D eigenvalue weighted by Gasteiger charge is 2.19. The van der Waals surface area contributed by atoms with Crippen LogP contribution in [0.1, 0.15) is 43.5 Å². The SMILES string of the molecule is CCOCCCn1ccc2c1CCCC2N. The molecule has 1 aliphatic carbocycles. The molecule has 0 aromatic carbocycles. The van der Waals surface area contributed by atoms with Crippen LogP contribution in [0, 0.1) is 0 Å². The minimum Gasteiger partial charge on any atom is -0.382 e. The first kappa shape index (κ1) is 11.7. The van der Waals surface area contributed by atoms with Gasteiger partial charge in [0.1, 0.15) is 0 Å². The molecule has 2 rings (SSSR count). The van der Waals surface area contributed by atoms with E-state index in [4.69, 9.17) is 10.5 Å². The maximum absolute atomic E-state index is 6.10. The van der Waals surface area contributed by atoms with E-state index in [1.807, 2.05) is 6.92 Å². The van der Waals surface area contributed by atoms with Gasteiger partial charge in [-0.1, -0.05) is 0 Å². The second-order valence-electron chi connectivity index (χ2n) is 4.46. The van der Waals surface area contributed by atoms with Crippen LogP contribution in [0.2, 0.25) is 0 Å². The minimum absolute atomic E-state index is 0.261. The van der Waals surface area contributed by atoms with Gasteiger partial charge >= 0.3 is 0 Å². The maximum Gasteiger partial charge on any atom is 0.0482 e. The lowest BCUT2D eigenvalue weighted by Gasteiger charge is -2.20. The van der Waals surface area contributed by atoms with E-state index in [0.717, 1.165) is 32.6 Å². The highest BCUT2D eigenvalue weighted by molar-refractivity contribution is 5.28. The molecular formula is C13H22N2O. The monoisotopic (exact) mass is 222 g/mol. The van der Waals surface area contributed by atoms with Crippen LogP contribution in [0.5, 0.6) is 0 Å². The number of nitrogens with zero attached hydrogens (tertiary/aromatic N) is 1. The van der Waals surface area contributed by atoms with Gasteiger partial charge in [0.15, 0.2) is 0 Å². The number of ether oxygens (including phenoxy) is 1. The first-order valence-electron chi connectivity index (χ1n) is 6.34. The molecular weight excluding hydrogens is 200 g/mol. The Morgan fingerprint density at radius 1 is 1.56 bits per heavy atom. The molecule has 0 fully saturated rings. The number of aryl methyl sites for hydroxylation is 1. The van der Waals surface area contributed by atoms with Gasteiger partial charge in [0.25, 0.3) is 0 Å². The summed E-state index contributed by atoms with van der Waals surface area (Å²) in [7, 11) is 0. The van der Waals surface area contributed by atoms with E-state index in [2.05, 4.69) is 16.8 Å². The fourth-order valence-corrected chi connectivity index (χ4v) is 2.48. The molecule has 3 nitrogen and oxygen atoms in total. The lowest BCUT2D eigenvalue weighted by atomic mass is 9.94. The minimum atomic E-state index is 0.261. The Balaban J connectivity index is 1.95. The summed E-state index contributed by atoms with van der Waals surface area (Å²) in [6.45, 7) is 4.77. The molecule has 0 saturated heterocycles. The zero-order valence-corrected chi connectivity index (χ0v) is 10.1. The van der Waals surface area contributed by atoms with Crippen molar-refractivity contribution in [3.05, 3.63) is 23.5 Å². The molecule has 0 amide bonds. The topological polar surface area (TPSA) is 40.2 Å². The molecule has 16 heavy (non-hydrogen) atoms. The van der Waals surface area contributed by atoms with Crippen LogP contribution in [0.25, 0.3) is 0 Å². The van der Waals surface area contributed by atoms with Gasteiger partial charge in [-0.3, -0.25) is 0 Å². The van der Waals surface area contributed by atoms with E-state index in [-0.39, 0.29) is 6.04 Å². The van der Waals surface area contributed by atoms with Crippen LogP contribution in [-0.2, 0) is 17.7 Å². The molecule has 0 aliphatic heterocycles. The highest BCUT2D eigenvalue weighted by atomic mass is 16.5. The molecule has 3 heteroatoms. The molecule has 0 saturated carbocycles. The molecule has 1 aromatic rings. The maximum atomic E-state index is 6.10. The quantitative estimate of drug-likeness (QED) is 0.776.